The van der Waals surface area contributed by atoms with Crippen LogP contribution in [0.15, 0.2) is 54.4 Å². The molecule has 2 rings (SSSR count). The van der Waals surface area contributed by atoms with Crippen molar-refractivity contribution in [2.24, 2.45) is 5.41 Å². The molecule has 0 fully saturated rings. The van der Waals surface area contributed by atoms with E-state index in [4.69, 9.17) is 0 Å². The smallest absolute Gasteiger partial charge is 0.108 e. The second-order valence-corrected chi connectivity index (χ2v) is 6.22. The first-order valence-corrected chi connectivity index (χ1v) is 8.33. The number of hydrogen-bond acceptors (Lipinski definition) is 0. The van der Waals surface area contributed by atoms with Crippen LogP contribution in [0, 0.1) is 5.41 Å². The SMILES string of the molecule is CCCCCC1(CCC)C=CC(c2ccccc2)C(F)=C1. The fraction of sp³-hybridized carbons (Fsp3) is 0.500. The number of unbranched alkanes of at least 4 members (excludes halogenated alkanes) is 2. The van der Waals surface area contributed by atoms with Gasteiger partial charge in [-0.3, -0.25) is 0 Å². The van der Waals surface area contributed by atoms with Crippen molar-refractivity contribution in [2.75, 3.05) is 0 Å². The first-order valence-electron chi connectivity index (χ1n) is 8.33. The molecule has 1 aliphatic carbocycles. The third-order valence-electron chi connectivity index (χ3n) is 4.46. The molecule has 0 heterocycles. The Hall–Kier alpha value is -1.37. The van der Waals surface area contributed by atoms with Crippen LogP contribution < -0.4 is 0 Å². The quantitative estimate of drug-likeness (QED) is 0.393. The fourth-order valence-corrected chi connectivity index (χ4v) is 3.33. The molecule has 0 N–H and O–H groups in total. The van der Waals surface area contributed by atoms with Crippen molar-refractivity contribution in [3.8, 4) is 0 Å². The van der Waals surface area contributed by atoms with E-state index in [1.54, 1.807) is 0 Å². The van der Waals surface area contributed by atoms with Gasteiger partial charge in [0.15, 0.2) is 0 Å². The van der Waals surface area contributed by atoms with Crippen LogP contribution >= 0.6 is 0 Å². The summed E-state index contributed by atoms with van der Waals surface area (Å²) in [5.41, 5.74) is 0.986. The van der Waals surface area contributed by atoms with Gasteiger partial charge >= 0.3 is 0 Å². The van der Waals surface area contributed by atoms with Crippen molar-refractivity contribution in [1.29, 1.82) is 0 Å². The Morgan fingerprint density at radius 2 is 1.76 bits per heavy atom. The van der Waals surface area contributed by atoms with Crippen LogP contribution in [0.1, 0.15) is 63.9 Å². The number of allylic oxidation sites excluding steroid dienone is 4. The van der Waals surface area contributed by atoms with Crippen molar-refractivity contribution >= 4 is 0 Å². The van der Waals surface area contributed by atoms with Gasteiger partial charge in [-0.15, -0.1) is 0 Å². The molecule has 1 aromatic rings. The summed E-state index contributed by atoms with van der Waals surface area (Å²) in [5, 5.41) is 0. The predicted octanol–water partition coefficient (Wildman–Crippen LogP) is 6.56. The van der Waals surface area contributed by atoms with E-state index in [9.17, 15) is 4.39 Å². The van der Waals surface area contributed by atoms with Gasteiger partial charge in [-0.2, -0.15) is 0 Å². The Kier molecular flexibility index (Phi) is 5.78. The summed E-state index contributed by atoms with van der Waals surface area (Å²) in [6.07, 6.45) is 13.1. The molecule has 114 valence electrons. The van der Waals surface area contributed by atoms with Crippen LogP contribution in [-0.2, 0) is 0 Å². The molecule has 0 spiro atoms. The van der Waals surface area contributed by atoms with E-state index >= 15 is 0 Å². The summed E-state index contributed by atoms with van der Waals surface area (Å²) in [7, 11) is 0. The summed E-state index contributed by atoms with van der Waals surface area (Å²) in [5.74, 6) is -0.170. The van der Waals surface area contributed by atoms with Gasteiger partial charge in [-0.25, -0.2) is 4.39 Å². The average molecular weight is 286 g/mol. The molecule has 0 saturated heterocycles. The minimum absolute atomic E-state index is 0.0219. The zero-order chi connectivity index (χ0) is 15.1. The van der Waals surface area contributed by atoms with Crippen molar-refractivity contribution in [3.63, 3.8) is 0 Å². The highest BCUT2D eigenvalue weighted by Crippen LogP contribution is 2.43. The van der Waals surface area contributed by atoms with Gasteiger partial charge in [0.1, 0.15) is 5.83 Å². The maximum absolute atomic E-state index is 14.7. The first kappa shape index (κ1) is 16.0. The molecule has 0 aromatic heterocycles. The lowest BCUT2D eigenvalue weighted by atomic mass is 9.73. The van der Waals surface area contributed by atoms with Crippen molar-refractivity contribution in [3.05, 3.63) is 60.0 Å². The highest BCUT2D eigenvalue weighted by atomic mass is 19.1. The average Bonchev–Trinajstić information content (AvgIpc) is 2.49. The fourth-order valence-electron chi connectivity index (χ4n) is 3.33. The van der Waals surface area contributed by atoms with E-state index in [1.165, 1.54) is 19.3 Å². The van der Waals surface area contributed by atoms with Crippen molar-refractivity contribution in [1.82, 2.24) is 0 Å². The Morgan fingerprint density at radius 1 is 1.00 bits per heavy atom. The van der Waals surface area contributed by atoms with Gasteiger partial charge in [-0.1, -0.05) is 82.0 Å². The Bertz CT molecular complexity index is 486. The lowest BCUT2D eigenvalue weighted by molar-refractivity contribution is 0.368. The van der Waals surface area contributed by atoms with E-state index in [-0.39, 0.29) is 17.2 Å². The van der Waals surface area contributed by atoms with Gasteiger partial charge in [0.05, 0.1) is 5.92 Å². The molecule has 1 heteroatoms. The highest BCUT2D eigenvalue weighted by Gasteiger charge is 2.30. The van der Waals surface area contributed by atoms with E-state index in [0.717, 1.165) is 24.8 Å². The maximum Gasteiger partial charge on any atom is 0.108 e. The van der Waals surface area contributed by atoms with E-state index < -0.39 is 0 Å². The number of halogens is 1. The number of hydrogen-bond donors (Lipinski definition) is 0. The van der Waals surface area contributed by atoms with Crippen LogP contribution in [0.2, 0.25) is 0 Å². The van der Waals surface area contributed by atoms with Crippen molar-refractivity contribution in [2.45, 2.75) is 58.3 Å². The van der Waals surface area contributed by atoms with Crippen molar-refractivity contribution < 1.29 is 4.39 Å². The molecule has 2 atom stereocenters. The zero-order valence-corrected chi connectivity index (χ0v) is 13.3. The van der Waals surface area contributed by atoms with Crippen LogP contribution in [0.4, 0.5) is 4.39 Å². The summed E-state index contributed by atoms with van der Waals surface area (Å²) in [4.78, 5) is 0. The van der Waals surface area contributed by atoms with Crippen LogP contribution in [-0.4, -0.2) is 0 Å². The van der Waals surface area contributed by atoms with Gasteiger partial charge in [-0.05, 0) is 24.5 Å². The van der Waals surface area contributed by atoms with E-state index in [1.807, 2.05) is 36.4 Å². The summed E-state index contributed by atoms with van der Waals surface area (Å²) >= 11 is 0. The Morgan fingerprint density at radius 3 is 2.38 bits per heavy atom. The summed E-state index contributed by atoms with van der Waals surface area (Å²) in [6, 6.07) is 9.94. The second kappa shape index (κ2) is 7.59. The third-order valence-corrected chi connectivity index (χ3v) is 4.46. The first-order chi connectivity index (χ1) is 10.2. The highest BCUT2D eigenvalue weighted by molar-refractivity contribution is 5.36. The molecule has 0 bridgehead atoms. The standard InChI is InChI=1S/C20H27F/c1-3-5-9-14-20(13-4-2)15-12-18(19(21)16-20)17-10-7-6-8-11-17/h6-8,10-12,15-16,18H,3-5,9,13-14H2,1-2H3. The number of rotatable bonds is 7. The zero-order valence-electron chi connectivity index (χ0n) is 13.3. The summed E-state index contributed by atoms with van der Waals surface area (Å²) in [6.45, 7) is 4.40. The molecule has 0 aliphatic heterocycles. The van der Waals surface area contributed by atoms with E-state index in [0.29, 0.717) is 0 Å². The molecule has 1 aromatic carbocycles. The van der Waals surface area contributed by atoms with E-state index in [2.05, 4.69) is 26.0 Å². The van der Waals surface area contributed by atoms with Gasteiger partial charge in [0.25, 0.3) is 0 Å². The molecule has 2 unspecified atom stereocenters. The minimum Gasteiger partial charge on any atom is -0.211 e. The molecule has 1 aliphatic rings. The van der Waals surface area contributed by atoms with Crippen LogP contribution in [0.5, 0.6) is 0 Å². The number of benzene rings is 1. The van der Waals surface area contributed by atoms with Gasteiger partial charge in [0.2, 0.25) is 0 Å². The lowest BCUT2D eigenvalue weighted by Gasteiger charge is -2.32. The molecule has 0 nitrogen and oxygen atoms in total. The largest absolute Gasteiger partial charge is 0.211 e. The van der Waals surface area contributed by atoms with Gasteiger partial charge in [0, 0.05) is 5.41 Å². The molecule has 0 saturated carbocycles. The topological polar surface area (TPSA) is 0 Å². The van der Waals surface area contributed by atoms with Gasteiger partial charge < -0.3 is 0 Å². The Balaban J connectivity index is 2.16. The molecular weight excluding hydrogens is 259 g/mol. The molecule has 0 radical (unpaired) electrons. The third kappa shape index (κ3) is 4.06. The predicted molar refractivity (Wildman–Crippen MR) is 89.0 cm³/mol. The summed E-state index contributed by atoms with van der Waals surface area (Å²) < 4.78 is 14.7. The molecular formula is C20H27F. The molecule has 0 amide bonds. The lowest BCUT2D eigenvalue weighted by Crippen LogP contribution is -2.20. The molecule has 21 heavy (non-hydrogen) atoms. The van der Waals surface area contributed by atoms with Crippen LogP contribution in [0.25, 0.3) is 0 Å². The second-order valence-electron chi connectivity index (χ2n) is 6.22. The Labute approximate surface area is 128 Å². The minimum atomic E-state index is -0.192. The monoisotopic (exact) mass is 286 g/mol. The van der Waals surface area contributed by atoms with Crippen LogP contribution in [0.3, 0.4) is 0 Å². The maximum atomic E-state index is 14.7. The normalized spacial score (nSPS) is 24.9.